The van der Waals surface area contributed by atoms with Crippen molar-refractivity contribution < 1.29 is 43.3 Å². The van der Waals surface area contributed by atoms with Crippen LogP contribution in [0, 0.1) is 39.9 Å². The third-order valence-corrected chi connectivity index (χ3v) is 16.7. The molecule has 10 atom stereocenters. The van der Waals surface area contributed by atoms with E-state index in [1.165, 1.54) is 6.92 Å². The predicted octanol–water partition coefficient (Wildman–Crippen LogP) is 9.27. The van der Waals surface area contributed by atoms with Crippen molar-refractivity contribution in [3.05, 3.63) is 71.3 Å². The van der Waals surface area contributed by atoms with Gasteiger partial charge in [-0.05, 0) is 116 Å². The third kappa shape index (κ3) is 10.7. The number of fused-ring (bicyclic) bond motifs is 5. The summed E-state index contributed by atoms with van der Waals surface area (Å²) in [6.45, 7) is 18.7. The molecule has 0 saturated heterocycles. The van der Waals surface area contributed by atoms with Crippen molar-refractivity contribution in [2.75, 3.05) is 18.1 Å². The number of ether oxygens (including phenoxy) is 3. The molecule has 4 aliphatic carbocycles. The molecule has 0 unspecified atom stereocenters. The molecule has 10 nitrogen and oxygen atoms in total. The van der Waals surface area contributed by atoms with Crippen molar-refractivity contribution in [2.24, 2.45) is 39.9 Å². The van der Waals surface area contributed by atoms with E-state index in [1.807, 2.05) is 44.2 Å². The Morgan fingerprint density at radius 2 is 1.66 bits per heavy atom. The highest BCUT2D eigenvalue weighted by molar-refractivity contribution is 8.76. The van der Waals surface area contributed by atoms with Crippen LogP contribution in [0.15, 0.2) is 65.8 Å². The number of esters is 3. The highest BCUT2D eigenvalue weighted by atomic mass is 33.1. The Morgan fingerprint density at radius 1 is 0.949 bits per heavy atom. The normalized spacial score (nSPS) is 33.0. The van der Waals surface area contributed by atoms with Crippen LogP contribution in [0.4, 0.5) is 0 Å². The summed E-state index contributed by atoms with van der Waals surface area (Å²) in [4.78, 5) is 56.8. The Balaban J connectivity index is 1.31. The summed E-state index contributed by atoms with van der Waals surface area (Å²) >= 11 is 0. The van der Waals surface area contributed by atoms with Crippen LogP contribution < -0.4 is 5.48 Å². The smallest absolute Gasteiger partial charge is 0.334 e. The van der Waals surface area contributed by atoms with Gasteiger partial charge in [0, 0.05) is 30.4 Å². The molecule has 2 N–H and O–H groups in total. The zero-order valence-corrected chi connectivity index (χ0v) is 37.9. The molecule has 59 heavy (non-hydrogen) atoms. The molecule has 12 heteroatoms. The predicted molar refractivity (Wildman–Crippen MR) is 233 cm³/mol. The second kappa shape index (κ2) is 20.7. The summed E-state index contributed by atoms with van der Waals surface area (Å²) in [5.74, 6) is 0.203. The van der Waals surface area contributed by atoms with Crippen LogP contribution in [-0.4, -0.2) is 65.3 Å². The molecule has 5 rings (SSSR count). The van der Waals surface area contributed by atoms with E-state index >= 15 is 0 Å². The average Bonchev–Trinajstić information content (AvgIpc) is 3.45. The van der Waals surface area contributed by atoms with Gasteiger partial charge in [-0.15, -0.1) is 6.58 Å². The van der Waals surface area contributed by atoms with Gasteiger partial charge in [-0.3, -0.25) is 19.2 Å². The minimum Gasteiger partial charge on any atom is -0.462 e. The molecule has 0 radical (unpaired) electrons. The van der Waals surface area contributed by atoms with Crippen LogP contribution >= 0.6 is 21.6 Å². The van der Waals surface area contributed by atoms with Gasteiger partial charge in [0.05, 0.1) is 19.1 Å². The number of benzene rings is 1. The lowest BCUT2D eigenvalue weighted by Gasteiger charge is -2.69. The highest BCUT2D eigenvalue weighted by Crippen LogP contribution is 2.74. The Hall–Kier alpha value is -3.06. The van der Waals surface area contributed by atoms with Crippen molar-refractivity contribution in [3.8, 4) is 0 Å². The first-order chi connectivity index (χ1) is 28.1. The number of nitrogens with one attached hydrogen (secondary N) is 1. The fraction of sp³-hybridized carbons (Fsp3) is 0.660. The van der Waals surface area contributed by atoms with Crippen molar-refractivity contribution >= 4 is 45.4 Å². The Labute approximate surface area is 359 Å². The minimum absolute atomic E-state index is 0.0327. The monoisotopic (exact) mass is 853 g/mol. The van der Waals surface area contributed by atoms with Gasteiger partial charge in [-0.25, -0.2) is 10.3 Å². The molecule has 0 aromatic heterocycles. The number of hydroxylamine groups is 1. The SMILES string of the molecule is C=CCONC(=O)CCSSCCC(=O)O[C@@H]1CC[C@@]2(C)[C@@H](CC[C@@]3(C)[C@H]2[C@H](O)C[C@H]2/C(=C(\CCC=C(C)C)C(=O)OCc4ccccc4)[C@@H](OC(C)=O)C[C@@]23C)[C@@H]1C. The molecular formula is C47H67NO9S2. The van der Waals surface area contributed by atoms with Crippen molar-refractivity contribution in [1.82, 2.24) is 5.48 Å². The molecule has 1 amide bonds. The van der Waals surface area contributed by atoms with Gasteiger partial charge in [0.1, 0.15) is 18.8 Å². The number of aliphatic hydroxyl groups is 1. The first-order valence-electron chi connectivity index (χ1n) is 21.4. The maximum Gasteiger partial charge on any atom is 0.334 e. The maximum absolute atomic E-state index is 14.2. The number of carbonyl (C=O) groups is 4. The van der Waals surface area contributed by atoms with Gasteiger partial charge in [-0.1, -0.05) is 97.3 Å². The first kappa shape index (κ1) is 47.0. The van der Waals surface area contributed by atoms with E-state index in [4.69, 9.17) is 19.0 Å². The highest BCUT2D eigenvalue weighted by Gasteiger charge is 2.71. The van der Waals surface area contributed by atoms with Gasteiger partial charge in [-0.2, -0.15) is 0 Å². The number of aliphatic hydroxyl groups excluding tert-OH is 1. The quantitative estimate of drug-likeness (QED) is 0.0278. The summed E-state index contributed by atoms with van der Waals surface area (Å²) in [5.41, 5.74) is 4.93. The Kier molecular flexibility index (Phi) is 16.5. The molecule has 4 aliphatic rings. The lowest BCUT2D eigenvalue weighted by atomic mass is 9.36. The molecule has 4 saturated carbocycles. The van der Waals surface area contributed by atoms with Crippen molar-refractivity contribution in [2.45, 2.75) is 138 Å². The van der Waals surface area contributed by atoms with E-state index in [0.29, 0.717) is 55.6 Å². The van der Waals surface area contributed by atoms with Crippen molar-refractivity contribution in [3.63, 3.8) is 0 Å². The van der Waals surface area contributed by atoms with Crippen molar-refractivity contribution in [1.29, 1.82) is 0 Å². The van der Waals surface area contributed by atoms with Gasteiger partial charge in [0.15, 0.2) is 0 Å². The standard InChI is InChI=1S/C47H67NO9S2/c1-9-24-55-48-40(51)20-25-58-59-26-21-41(52)57-38-19-22-45(6)35(31(38)4)18-23-46(7)43(45)37(50)27-36-42(39(56-32(5)49)28-47(36,46)8)34(17-13-14-30(2)3)44(53)54-29-33-15-11-10-12-16-33/h9-12,14-16,31,35-39,43,50H,1,13,17-29H2,2-8H3,(H,48,51)/b42-34-/t31-,35-,36-,37+,38+,39-,43-,45-,46-,47-/m0/s1. The molecule has 0 heterocycles. The van der Waals surface area contributed by atoms with Crippen LogP contribution in [0.25, 0.3) is 0 Å². The zero-order chi connectivity index (χ0) is 43.0. The number of hydrogen-bond acceptors (Lipinski definition) is 11. The van der Waals surface area contributed by atoms with Gasteiger partial charge < -0.3 is 19.3 Å². The number of rotatable bonds is 18. The average molecular weight is 854 g/mol. The van der Waals surface area contributed by atoms with Gasteiger partial charge in [0.2, 0.25) is 5.91 Å². The third-order valence-electron chi connectivity index (χ3n) is 14.3. The largest absolute Gasteiger partial charge is 0.462 e. The van der Waals surface area contributed by atoms with Crippen LogP contribution in [0.2, 0.25) is 0 Å². The second-order valence-electron chi connectivity index (χ2n) is 18.1. The van der Waals surface area contributed by atoms with Crippen LogP contribution in [0.3, 0.4) is 0 Å². The fourth-order valence-corrected chi connectivity index (χ4v) is 13.5. The topological polar surface area (TPSA) is 137 Å². The fourth-order valence-electron chi connectivity index (χ4n) is 11.6. The molecule has 0 bridgehead atoms. The molecule has 1 aromatic carbocycles. The van der Waals surface area contributed by atoms with E-state index in [0.717, 1.165) is 42.4 Å². The summed E-state index contributed by atoms with van der Waals surface area (Å²) in [7, 11) is 3.10. The Bertz CT molecular complexity index is 1730. The summed E-state index contributed by atoms with van der Waals surface area (Å²) in [6.07, 6.45) is 8.39. The van der Waals surface area contributed by atoms with E-state index in [-0.39, 0.29) is 83.0 Å². The number of carbonyl (C=O) groups excluding carboxylic acids is 4. The van der Waals surface area contributed by atoms with E-state index in [9.17, 15) is 24.3 Å². The maximum atomic E-state index is 14.2. The summed E-state index contributed by atoms with van der Waals surface area (Å²) in [5, 5.41) is 12.5. The van der Waals surface area contributed by atoms with Crippen LogP contribution in [0.1, 0.15) is 118 Å². The lowest BCUT2D eigenvalue weighted by Crippen LogP contribution is -2.65. The minimum atomic E-state index is -0.636. The summed E-state index contributed by atoms with van der Waals surface area (Å²) < 4.78 is 18.3. The van der Waals surface area contributed by atoms with Crippen LogP contribution in [0.5, 0.6) is 0 Å². The zero-order valence-electron chi connectivity index (χ0n) is 36.2. The van der Waals surface area contributed by atoms with E-state index in [1.54, 1.807) is 27.7 Å². The van der Waals surface area contributed by atoms with E-state index < -0.39 is 12.2 Å². The van der Waals surface area contributed by atoms with E-state index in [2.05, 4.69) is 45.8 Å². The van der Waals surface area contributed by atoms with Gasteiger partial charge in [0.25, 0.3) is 0 Å². The molecule has 0 aliphatic heterocycles. The number of amides is 1. The molecule has 0 spiro atoms. The number of hydrogen-bond donors (Lipinski definition) is 2. The lowest BCUT2D eigenvalue weighted by molar-refractivity contribution is -0.236. The molecular weight excluding hydrogens is 787 g/mol. The number of allylic oxidation sites excluding steroid dienone is 2. The first-order valence-corrected chi connectivity index (χ1v) is 23.9. The molecule has 4 fully saturated rings. The molecule has 1 aromatic rings. The van der Waals surface area contributed by atoms with Gasteiger partial charge >= 0.3 is 17.9 Å². The second-order valence-corrected chi connectivity index (χ2v) is 20.8. The molecule has 326 valence electrons. The Morgan fingerprint density at radius 3 is 2.34 bits per heavy atom. The summed E-state index contributed by atoms with van der Waals surface area (Å²) in [6, 6.07) is 9.64. The van der Waals surface area contributed by atoms with Crippen LogP contribution in [-0.2, 0) is 44.8 Å².